The second kappa shape index (κ2) is 8.06. The van der Waals surface area contributed by atoms with Crippen molar-refractivity contribution >= 4 is 40.6 Å². The van der Waals surface area contributed by atoms with E-state index >= 15 is 0 Å². The molecule has 0 bridgehead atoms. The summed E-state index contributed by atoms with van der Waals surface area (Å²) in [4.78, 5) is 22.4. The van der Waals surface area contributed by atoms with E-state index in [0.29, 0.717) is 0 Å². The van der Waals surface area contributed by atoms with E-state index < -0.39 is 10.8 Å². The molecule has 0 saturated carbocycles. The number of rotatable bonds is 7. The van der Waals surface area contributed by atoms with Crippen LogP contribution in [0, 0.1) is 10.1 Å². The standard InChI is InChI=1S/C12H17ClN4O3S/c1-7(3-4-21-2)15-12(18)8-5-9(13)11(16-14)10(6-8)17(19)20/h5-7,16H,3-4,14H2,1-2H3,(H,15,18). The van der Waals surface area contributed by atoms with Gasteiger partial charge in [0.15, 0.2) is 0 Å². The summed E-state index contributed by atoms with van der Waals surface area (Å²) >= 11 is 7.60. The molecule has 0 spiro atoms. The molecule has 0 heterocycles. The molecule has 0 fully saturated rings. The van der Waals surface area contributed by atoms with Crippen molar-refractivity contribution in [2.24, 2.45) is 5.84 Å². The maximum Gasteiger partial charge on any atom is 0.295 e. The lowest BCUT2D eigenvalue weighted by molar-refractivity contribution is -0.384. The Morgan fingerprint density at radius 3 is 2.76 bits per heavy atom. The normalized spacial score (nSPS) is 11.8. The predicted molar refractivity (Wildman–Crippen MR) is 85.8 cm³/mol. The molecular weight excluding hydrogens is 316 g/mol. The third-order valence-corrected chi connectivity index (χ3v) is 3.75. The number of hydrogen-bond donors (Lipinski definition) is 3. The fourth-order valence-electron chi connectivity index (χ4n) is 1.68. The molecule has 0 aromatic heterocycles. The number of nitrogens with two attached hydrogens (primary N) is 1. The molecule has 1 amide bonds. The fraction of sp³-hybridized carbons (Fsp3) is 0.417. The minimum Gasteiger partial charge on any atom is -0.350 e. The average molecular weight is 333 g/mol. The summed E-state index contributed by atoms with van der Waals surface area (Å²) in [5, 5.41) is 13.8. The van der Waals surface area contributed by atoms with Gasteiger partial charge in [-0.1, -0.05) is 11.6 Å². The van der Waals surface area contributed by atoms with Crippen molar-refractivity contribution in [3.05, 3.63) is 32.8 Å². The third-order valence-electron chi connectivity index (χ3n) is 2.81. The van der Waals surface area contributed by atoms with E-state index in [1.165, 1.54) is 6.07 Å². The fourth-order valence-corrected chi connectivity index (χ4v) is 2.54. The molecule has 4 N–H and O–H groups in total. The average Bonchev–Trinajstić information content (AvgIpc) is 2.43. The number of nitrogens with one attached hydrogen (secondary N) is 2. The first-order chi connectivity index (χ1) is 9.90. The number of nitrogens with zero attached hydrogens (tertiary/aromatic N) is 1. The Morgan fingerprint density at radius 2 is 2.24 bits per heavy atom. The summed E-state index contributed by atoms with van der Waals surface area (Å²) in [7, 11) is 0. The number of benzene rings is 1. The molecule has 1 unspecified atom stereocenters. The van der Waals surface area contributed by atoms with E-state index in [2.05, 4.69) is 10.7 Å². The van der Waals surface area contributed by atoms with Gasteiger partial charge in [-0.15, -0.1) is 0 Å². The first kappa shape index (κ1) is 17.5. The zero-order valence-corrected chi connectivity index (χ0v) is 13.3. The Labute approximate surface area is 131 Å². The Morgan fingerprint density at radius 1 is 1.57 bits per heavy atom. The highest BCUT2D eigenvalue weighted by atomic mass is 35.5. The number of nitrogen functional groups attached to an aromatic ring is 1. The maximum atomic E-state index is 12.1. The second-order valence-corrected chi connectivity index (χ2v) is 5.80. The summed E-state index contributed by atoms with van der Waals surface area (Å²) in [6.45, 7) is 1.87. The SMILES string of the molecule is CSCCC(C)NC(=O)c1cc(Cl)c(NN)c([N+](=O)[O-])c1. The summed E-state index contributed by atoms with van der Waals surface area (Å²) < 4.78 is 0. The van der Waals surface area contributed by atoms with Gasteiger partial charge >= 0.3 is 0 Å². The van der Waals surface area contributed by atoms with Crippen LogP contribution in [0.4, 0.5) is 11.4 Å². The van der Waals surface area contributed by atoms with Crippen LogP contribution in [0.5, 0.6) is 0 Å². The molecule has 0 aliphatic carbocycles. The van der Waals surface area contributed by atoms with E-state index in [9.17, 15) is 14.9 Å². The first-order valence-corrected chi connectivity index (χ1v) is 7.92. The van der Waals surface area contributed by atoms with Crippen LogP contribution >= 0.6 is 23.4 Å². The van der Waals surface area contributed by atoms with Crippen molar-refractivity contribution in [2.45, 2.75) is 19.4 Å². The molecule has 1 atom stereocenters. The number of nitro groups is 1. The number of halogens is 1. The van der Waals surface area contributed by atoms with Gasteiger partial charge in [0.05, 0.1) is 9.95 Å². The number of thioether (sulfide) groups is 1. The molecule has 116 valence electrons. The number of carbonyl (C=O) groups excluding carboxylic acids is 1. The first-order valence-electron chi connectivity index (χ1n) is 6.15. The van der Waals surface area contributed by atoms with E-state index in [4.69, 9.17) is 17.4 Å². The summed E-state index contributed by atoms with van der Waals surface area (Å²) in [6.07, 6.45) is 2.79. The van der Waals surface area contributed by atoms with Crippen molar-refractivity contribution in [1.82, 2.24) is 5.32 Å². The Kier molecular flexibility index (Phi) is 6.73. The number of carbonyl (C=O) groups is 1. The number of amides is 1. The maximum absolute atomic E-state index is 12.1. The lowest BCUT2D eigenvalue weighted by Gasteiger charge is -2.14. The Bertz CT molecular complexity index is 541. The highest BCUT2D eigenvalue weighted by molar-refractivity contribution is 7.98. The van der Waals surface area contributed by atoms with Crippen molar-refractivity contribution < 1.29 is 9.72 Å². The van der Waals surface area contributed by atoms with Gasteiger partial charge in [0.25, 0.3) is 11.6 Å². The van der Waals surface area contributed by atoms with Crippen LogP contribution in [-0.2, 0) is 0 Å². The summed E-state index contributed by atoms with van der Waals surface area (Å²) in [5.41, 5.74) is 1.94. The zero-order valence-electron chi connectivity index (χ0n) is 11.7. The van der Waals surface area contributed by atoms with Crippen LogP contribution in [0.3, 0.4) is 0 Å². The largest absolute Gasteiger partial charge is 0.350 e. The number of hydrogen-bond acceptors (Lipinski definition) is 6. The molecule has 0 saturated heterocycles. The highest BCUT2D eigenvalue weighted by Crippen LogP contribution is 2.33. The van der Waals surface area contributed by atoms with Gasteiger partial charge in [-0.05, 0) is 31.4 Å². The van der Waals surface area contributed by atoms with Gasteiger partial charge in [0, 0.05) is 17.7 Å². The van der Waals surface area contributed by atoms with Crippen molar-refractivity contribution in [3.8, 4) is 0 Å². The molecule has 0 radical (unpaired) electrons. The van der Waals surface area contributed by atoms with Gasteiger partial charge in [-0.3, -0.25) is 20.8 Å². The van der Waals surface area contributed by atoms with Crippen LogP contribution in [0.1, 0.15) is 23.7 Å². The van der Waals surface area contributed by atoms with Crippen LogP contribution in [0.2, 0.25) is 5.02 Å². The number of anilines is 1. The van der Waals surface area contributed by atoms with Gasteiger partial charge in [-0.25, -0.2) is 0 Å². The number of nitro benzene ring substituents is 1. The van der Waals surface area contributed by atoms with Crippen LogP contribution in [0.15, 0.2) is 12.1 Å². The monoisotopic (exact) mass is 332 g/mol. The van der Waals surface area contributed by atoms with E-state index in [0.717, 1.165) is 18.2 Å². The predicted octanol–water partition coefficient (Wildman–Crippen LogP) is 2.41. The van der Waals surface area contributed by atoms with E-state index in [-0.39, 0.29) is 28.0 Å². The van der Waals surface area contributed by atoms with Gasteiger partial charge < -0.3 is 10.7 Å². The Balaban J connectivity index is 2.98. The lowest BCUT2D eigenvalue weighted by atomic mass is 10.1. The van der Waals surface area contributed by atoms with Gasteiger partial charge in [-0.2, -0.15) is 11.8 Å². The molecule has 9 heteroatoms. The highest BCUT2D eigenvalue weighted by Gasteiger charge is 2.21. The van der Waals surface area contributed by atoms with E-state index in [1.54, 1.807) is 11.8 Å². The quantitative estimate of drug-likeness (QED) is 0.402. The topological polar surface area (TPSA) is 110 Å². The van der Waals surface area contributed by atoms with Crippen LogP contribution in [0.25, 0.3) is 0 Å². The van der Waals surface area contributed by atoms with Gasteiger partial charge in [0.1, 0.15) is 5.69 Å². The molecule has 21 heavy (non-hydrogen) atoms. The lowest BCUT2D eigenvalue weighted by Crippen LogP contribution is -2.33. The van der Waals surface area contributed by atoms with Crippen molar-refractivity contribution in [1.29, 1.82) is 0 Å². The smallest absolute Gasteiger partial charge is 0.295 e. The molecule has 1 aromatic carbocycles. The molecule has 1 rings (SSSR count). The van der Waals surface area contributed by atoms with Crippen molar-refractivity contribution in [3.63, 3.8) is 0 Å². The van der Waals surface area contributed by atoms with E-state index in [1.807, 2.05) is 13.2 Å². The van der Waals surface area contributed by atoms with Crippen molar-refractivity contribution in [2.75, 3.05) is 17.4 Å². The summed E-state index contributed by atoms with van der Waals surface area (Å²) in [6, 6.07) is 2.47. The molecule has 0 aliphatic rings. The Hall–Kier alpha value is -1.51. The molecule has 7 nitrogen and oxygen atoms in total. The molecular formula is C12H17ClN4O3S. The zero-order chi connectivity index (χ0) is 16.0. The van der Waals surface area contributed by atoms with Crippen LogP contribution < -0.4 is 16.6 Å². The minimum atomic E-state index is -0.644. The van der Waals surface area contributed by atoms with Crippen LogP contribution in [-0.4, -0.2) is 28.9 Å². The number of hydrazine groups is 1. The molecule has 0 aliphatic heterocycles. The molecule has 1 aromatic rings. The minimum absolute atomic E-state index is 0.0198. The van der Waals surface area contributed by atoms with Gasteiger partial charge in [0.2, 0.25) is 0 Å². The third kappa shape index (κ3) is 4.76. The second-order valence-electron chi connectivity index (χ2n) is 4.41. The summed E-state index contributed by atoms with van der Waals surface area (Å²) in [5.74, 6) is 5.72.